The van der Waals surface area contributed by atoms with Crippen LogP contribution in [-0.4, -0.2) is 17.6 Å². The highest BCUT2D eigenvalue weighted by Gasteiger charge is 2.23. The van der Waals surface area contributed by atoms with E-state index < -0.39 is 0 Å². The van der Waals surface area contributed by atoms with E-state index in [0.29, 0.717) is 5.92 Å². The molecule has 3 nitrogen and oxygen atoms in total. The van der Waals surface area contributed by atoms with Gasteiger partial charge in [-0.1, -0.05) is 20.8 Å². The van der Waals surface area contributed by atoms with E-state index in [1.54, 1.807) is 0 Å². The normalized spacial score (nSPS) is 16.9. The molecule has 1 aromatic rings. The molecule has 0 aliphatic heterocycles. The van der Waals surface area contributed by atoms with Gasteiger partial charge in [0.05, 0.1) is 5.69 Å². The maximum absolute atomic E-state index is 5.82. The van der Waals surface area contributed by atoms with E-state index in [4.69, 9.17) is 9.72 Å². The second-order valence-electron chi connectivity index (χ2n) is 6.03. The minimum atomic E-state index is 0.172. The molecule has 1 saturated carbocycles. The number of ether oxygens (including phenoxy) is 1. The minimum Gasteiger partial charge on any atom is -0.371 e. The second kappa shape index (κ2) is 7.53. The van der Waals surface area contributed by atoms with E-state index in [1.165, 1.54) is 23.4 Å². The van der Waals surface area contributed by atoms with Crippen molar-refractivity contribution >= 4 is 11.3 Å². The van der Waals surface area contributed by atoms with Gasteiger partial charge >= 0.3 is 0 Å². The monoisotopic (exact) mass is 296 g/mol. The SMILES string of the molecule is CCOC(CC)c1nc(CC(C)C)c(CNC2CC2)s1. The molecule has 2 rings (SSSR count). The molecular formula is C16H28N2OS. The summed E-state index contributed by atoms with van der Waals surface area (Å²) in [6.07, 6.45) is 4.91. The Morgan fingerprint density at radius 2 is 2.10 bits per heavy atom. The van der Waals surface area contributed by atoms with E-state index in [1.807, 2.05) is 11.3 Å². The van der Waals surface area contributed by atoms with Crippen LogP contribution < -0.4 is 5.32 Å². The molecule has 1 aliphatic rings. The number of aromatic nitrogens is 1. The van der Waals surface area contributed by atoms with Crippen LogP contribution in [0.15, 0.2) is 0 Å². The number of thiazole rings is 1. The summed E-state index contributed by atoms with van der Waals surface area (Å²) >= 11 is 1.85. The number of rotatable bonds is 9. The van der Waals surface area contributed by atoms with Gasteiger partial charge in [-0.25, -0.2) is 4.98 Å². The average molecular weight is 296 g/mol. The number of hydrogen-bond acceptors (Lipinski definition) is 4. The van der Waals surface area contributed by atoms with Gasteiger partial charge in [0.25, 0.3) is 0 Å². The molecule has 0 radical (unpaired) electrons. The van der Waals surface area contributed by atoms with Gasteiger partial charge in [-0.05, 0) is 38.5 Å². The second-order valence-corrected chi connectivity index (χ2v) is 7.14. The van der Waals surface area contributed by atoms with Crippen LogP contribution in [0.3, 0.4) is 0 Å². The molecule has 20 heavy (non-hydrogen) atoms. The van der Waals surface area contributed by atoms with Gasteiger partial charge in [-0.3, -0.25) is 0 Å². The van der Waals surface area contributed by atoms with Crippen LogP contribution in [0.25, 0.3) is 0 Å². The molecule has 1 aromatic heterocycles. The zero-order valence-electron chi connectivity index (χ0n) is 13.2. The smallest absolute Gasteiger partial charge is 0.122 e. The number of hydrogen-bond donors (Lipinski definition) is 1. The lowest BCUT2D eigenvalue weighted by Crippen LogP contribution is -2.15. The fourth-order valence-electron chi connectivity index (χ4n) is 2.31. The Kier molecular flexibility index (Phi) is 6.00. The predicted octanol–water partition coefficient (Wildman–Crippen LogP) is 4.08. The Balaban J connectivity index is 2.10. The molecule has 1 aliphatic carbocycles. The third kappa shape index (κ3) is 4.54. The van der Waals surface area contributed by atoms with Crippen LogP contribution in [0.1, 0.15) is 68.6 Å². The van der Waals surface area contributed by atoms with E-state index in [2.05, 4.69) is 33.0 Å². The summed E-state index contributed by atoms with van der Waals surface area (Å²) in [5, 5.41) is 4.78. The van der Waals surface area contributed by atoms with Crippen molar-refractivity contribution in [2.24, 2.45) is 5.92 Å². The fraction of sp³-hybridized carbons (Fsp3) is 0.812. The van der Waals surface area contributed by atoms with Gasteiger partial charge in [-0.15, -0.1) is 11.3 Å². The van der Waals surface area contributed by atoms with Gasteiger partial charge in [-0.2, -0.15) is 0 Å². The highest BCUT2D eigenvalue weighted by atomic mass is 32.1. The lowest BCUT2D eigenvalue weighted by Gasteiger charge is -2.11. The Bertz CT molecular complexity index is 413. The van der Waals surface area contributed by atoms with Crippen molar-refractivity contribution in [3.8, 4) is 0 Å². The predicted molar refractivity (Wildman–Crippen MR) is 85.2 cm³/mol. The largest absolute Gasteiger partial charge is 0.371 e. The van der Waals surface area contributed by atoms with E-state index in [0.717, 1.165) is 37.0 Å². The van der Waals surface area contributed by atoms with Gasteiger partial charge in [0.2, 0.25) is 0 Å². The molecular weight excluding hydrogens is 268 g/mol. The van der Waals surface area contributed by atoms with Crippen LogP contribution in [0.2, 0.25) is 0 Å². The molecule has 1 atom stereocenters. The van der Waals surface area contributed by atoms with E-state index in [-0.39, 0.29) is 6.10 Å². The zero-order chi connectivity index (χ0) is 14.5. The molecule has 4 heteroatoms. The van der Waals surface area contributed by atoms with Gasteiger partial charge in [0.15, 0.2) is 0 Å². The molecule has 1 fully saturated rings. The molecule has 0 spiro atoms. The average Bonchev–Trinajstić information content (AvgIpc) is 3.15. The summed E-state index contributed by atoms with van der Waals surface area (Å²) in [4.78, 5) is 6.31. The standard InChI is InChI=1S/C16H28N2OS/c1-5-14(19-6-2)16-18-13(9-11(3)4)15(20-16)10-17-12-7-8-12/h11-12,14,17H,5-10H2,1-4H3. The maximum Gasteiger partial charge on any atom is 0.122 e. The van der Waals surface area contributed by atoms with Crippen molar-refractivity contribution in [3.05, 3.63) is 15.6 Å². The molecule has 0 aromatic carbocycles. The lowest BCUT2D eigenvalue weighted by molar-refractivity contribution is 0.0595. The third-order valence-electron chi connectivity index (χ3n) is 3.54. The van der Waals surface area contributed by atoms with Crippen LogP contribution in [0.5, 0.6) is 0 Å². The Hall–Kier alpha value is -0.450. The van der Waals surface area contributed by atoms with Crippen molar-refractivity contribution in [1.82, 2.24) is 10.3 Å². The molecule has 1 heterocycles. The summed E-state index contributed by atoms with van der Waals surface area (Å²) < 4.78 is 5.82. The summed E-state index contributed by atoms with van der Waals surface area (Å²) in [5.41, 5.74) is 1.28. The van der Waals surface area contributed by atoms with Crippen molar-refractivity contribution in [1.29, 1.82) is 0 Å². The Morgan fingerprint density at radius 3 is 2.65 bits per heavy atom. The number of nitrogens with one attached hydrogen (secondary N) is 1. The molecule has 1 unspecified atom stereocenters. The summed E-state index contributed by atoms with van der Waals surface area (Å²) in [6.45, 7) is 10.5. The van der Waals surface area contributed by atoms with Gasteiger partial charge in [0.1, 0.15) is 11.1 Å². The van der Waals surface area contributed by atoms with Crippen molar-refractivity contribution in [2.75, 3.05) is 6.61 Å². The summed E-state index contributed by atoms with van der Waals surface area (Å²) in [6, 6.07) is 0.751. The first-order valence-corrected chi connectivity index (χ1v) is 8.79. The highest BCUT2D eigenvalue weighted by molar-refractivity contribution is 7.11. The molecule has 0 amide bonds. The van der Waals surface area contributed by atoms with Crippen LogP contribution >= 0.6 is 11.3 Å². The van der Waals surface area contributed by atoms with E-state index in [9.17, 15) is 0 Å². The molecule has 114 valence electrons. The Labute approximate surface area is 127 Å². The molecule has 0 saturated heterocycles. The zero-order valence-corrected chi connectivity index (χ0v) is 14.1. The maximum atomic E-state index is 5.82. The van der Waals surface area contributed by atoms with Crippen LogP contribution in [-0.2, 0) is 17.7 Å². The quantitative estimate of drug-likeness (QED) is 0.745. The first-order valence-electron chi connectivity index (χ1n) is 7.97. The number of nitrogens with zero attached hydrogens (tertiary/aromatic N) is 1. The van der Waals surface area contributed by atoms with Crippen LogP contribution in [0.4, 0.5) is 0 Å². The first kappa shape index (κ1) is 15.9. The molecule has 0 bridgehead atoms. The van der Waals surface area contributed by atoms with Gasteiger partial charge in [0, 0.05) is 24.1 Å². The lowest BCUT2D eigenvalue weighted by atomic mass is 10.1. The minimum absolute atomic E-state index is 0.172. The summed E-state index contributed by atoms with van der Waals surface area (Å²) in [5.74, 6) is 0.650. The van der Waals surface area contributed by atoms with Crippen LogP contribution in [0, 0.1) is 5.92 Å². The topological polar surface area (TPSA) is 34.1 Å². The van der Waals surface area contributed by atoms with Crippen molar-refractivity contribution < 1.29 is 4.74 Å². The van der Waals surface area contributed by atoms with E-state index >= 15 is 0 Å². The fourth-order valence-corrected chi connectivity index (χ4v) is 3.49. The third-order valence-corrected chi connectivity index (χ3v) is 4.73. The molecule has 1 N–H and O–H groups in total. The highest BCUT2D eigenvalue weighted by Crippen LogP contribution is 2.30. The Morgan fingerprint density at radius 1 is 1.35 bits per heavy atom. The summed E-state index contributed by atoms with van der Waals surface area (Å²) in [7, 11) is 0. The van der Waals surface area contributed by atoms with Gasteiger partial charge < -0.3 is 10.1 Å². The first-order chi connectivity index (χ1) is 9.63. The van der Waals surface area contributed by atoms with Crippen molar-refractivity contribution in [2.45, 2.75) is 72.1 Å². The van der Waals surface area contributed by atoms with Crippen molar-refractivity contribution in [3.63, 3.8) is 0 Å².